The highest BCUT2D eigenvalue weighted by atomic mass is 15.4. The Bertz CT molecular complexity index is 422. The number of hydrogen-bond acceptors (Lipinski definition) is 5. The van der Waals surface area contributed by atoms with Crippen LogP contribution < -0.4 is 10.6 Å². The van der Waals surface area contributed by atoms with Gasteiger partial charge in [-0.3, -0.25) is 0 Å². The molecule has 6 nitrogen and oxygen atoms in total. The van der Waals surface area contributed by atoms with Gasteiger partial charge in [0.15, 0.2) is 5.65 Å². The summed E-state index contributed by atoms with van der Waals surface area (Å²) < 4.78 is 1.64. The Balaban J connectivity index is 2.33. The van der Waals surface area contributed by atoms with Gasteiger partial charge < -0.3 is 10.6 Å². The van der Waals surface area contributed by atoms with Crippen molar-refractivity contribution in [1.82, 2.24) is 19.8 Å². The predicted molar refractivity (Wildman–Crippen MR) is 53.1 cm³/mol. The summed E-state index contributed by atoms with van der Waals surface area (Å²) in [7, 11) is 1.95. The van der Waals surface area contributed by atoms with Gasteiger partial charge in [-0.05, 0) is 12.1 Å². The van der Waals surface area contributed by atoms with Gasteiger partial charge in [-0.15, -0.1) is 15.3 Å². The van der Waals surface area contributed by atoms with Gasteiger partial charge in [0.25, 0.3) is 0 Å². The number of hydrogen-bond donors (Lipinski definition) is 1. The first-order valence-electron chi connectivity index (χ1n) is 4.39. The van der Waals surface area contributed by atoms with E-state index in [0.717, 1.165) is 18.0 Å². The number of likely N-dealkylation sites (N-methyl/N-ethyl adjacent to an activating group) is 1. The summed E-state index contributed by atoms with van der Waals surface area (Å²) in [5.74, 6) is 0.864. The molecule has 0 aliphatic carbocycles. The SMILES string of the molecule is CN(CCN)c1ccc2nncn2n1. The van der Waals surface area contributed by atoms with Crippen molar-refractivity contribution in [3.63, 3.8) is 0 Å². The van der Waals surface area contributed by atoms with Gasteiger partial charge in [0.2, 0.25) is 0 Å². The van der Waals surface area contributed by atoms with Crippen molar-refractivity contribution in [2.45, 2.75) is 0 Å². The molecule has 2 aromatic heterocycles. The van der Waals surface area contributed by atoms with Gasteiger partial charge >= 0.3 is 0 Å². The maximum atomic E-state index is 5.46. The summed E-state index contributed by atoms with van der Waals surface area (Å²) in [6.07, 6.45) is 1.58. The summed E-state index contributed by atoms with van der Waals surface area (Å²) in [5.41, 5.74) is 6.20. The Hall–Kier alpha value is -1.69. The van der Waals surface area contributed by atoms with Gasteiger partial charge in [0.1, 0.15) is 12.1 Å². The van der Waals surface area contributed by atoms with Crippen LogP contribution in [0.25, 0.3) is 5.65 Å². The molecule has 0 saturated carbocycles. The van der Waals surface area contributed by atoms with Crippen LogP contribution in [0, 0.1) is 0 Å². The van der Waals surface area contributed by atoms with Crippen LogP contribution in [0.1, 0.15) is 0 Å². The number of anilines is 1. The molecular formula is C8H12N6. The summed E-state index contributed by atoms with van der Waals surface area (Å²) >= 11 is 0. The largest absolute Gasteiger partial charge is 0.357 e. The molecule has 0 aromatic carbocycles. The molecule has 0 amide bonds. The average molecular weight is 192 g/mol. The van der Waals surface area contributed by atoms with Crippen LogP contribution in [0.5, 0.6) is 0 Å². The van der Waals surface area contributed by atoms with Crippen molar-refractivity contribution < 1.29 is 0 Å². The van der Waals surface area contributed by atoms with Gasteiger partial charge in [-0.1, -0.05) is 0 Å². The second-order valence-electron chi connectivity index (χ2n) is 3.04. The minimum atomic E-state index is 0.610. The number of rotatable bonds is 3. The van der Waals surface area contributed by atoms with Crippen LogP contribution in [0.4, 0.5) is 5.82 Å². The summed E-state index contributed by atoms with van der Waals surface area (Å²) in [5, 5.41) is 11.9. The Morgan fingerprint density at radius 3 is 3.14 bits per heavy atom. The fourth-order valence-corrected chi connectivity index (χ4v) is 1.23. The van der Waals surface area contributed by atoms with Gasteiger partial charge in [-0.25, -0.2) is 0 Å². The van der Waals surface area contributed by atoms with Crippen LogP contribution >= 0.6 is 0 Å². The third-order valence-corrected chi connectivity index (χ3v) is 2.00. The van der Waals surface area contributed by atoms with Crippen molar-refractivity contribution >= 4 is 11.5 Å². The number of nitrogens with two attached hydrogens (primary N) is 1. The lowest BCUT2D eigenvalue weighted by atomic mass is 10.4. The smallest absolute Gasteiger partial charge is 0.177 e. The van der Waals surface area contributed by atoms with E-state index in [2.05, 4.69) is 15.3 Å². The molecule has 0 radical (unpaired) electrons. The molecule has 0 saturated heterocycles. The van der Waals surface area contributed by atoms with Crippen molar-refractivity contribution in [1.29, 1.82) is 0 Å². The third-order valence-electron chi connectivity index (χ3n) is 2.00. The van der Waals surface area contributed by atoms with Crippen molar-refractivity contribution in [2.24, 2.45) is 5.73 Å². The fourth-order valence-electron chi connectivity index (χ4n) is 1.23. The Morgan fingerprint density at radius 2 is 2.36 bits per heavy atom. The molecule has 0 aliphatic heterocycles. The molecule has 2 rings (SSSR count). The molecule has 0 unspecified atom stereocenters. The van der Waals surface area contributed by atoms with E-state index < -0.39 is 0 Å². The minimum absolute atomic E-state index is 0.610. The molecular weight excluding hydrogens is 180 g/mol. The highest BCUT2D eigenvalue weighted by Gasteiger charge is 2.03. The normalized spacial score (nSPS) is 10.7. The lowest BCUT2D eigenvalue weighted by Crippen LogP contribution is -2.26. The van der Waals surface area contributed by atoms with E-state index in [1.54, 1.807) is 10.8 Å². The lowest BCUT2D eigenvalue weighted by Gasteiger charge is -2.16. The second-order valence-corrected chi connectivity index (χ2v) is 3.04. The summed E-state index contributed by atoms with van der Waals surface area (Å²) in [4.78, 5) is 1.99. The van der Waals surface area contributed by atoms with E-state index in [9.17, 15) is 0 Å². The second kappa shape index (κ2) is 3.59. The van der Waals surface area contributed by atoms with E-state index in [0.29, 0.717) is 6.54 Å². The molecule has 0 atom stereocenters. The molecule has 2 N–H and O–H groups in total. The maximum absolute atomic E-state index is 5.46. The highest BCUT2D eigenvalue weighted by molar-refractivity contribution is 5.44. The van der Waals surface area contributed by atoms with Gasteiger partial charge in [0, 0.05) is 20.1 Å². The Morgan fingerprint density at radius 1 is 1.50 bits per heavy atom. The quantitative estimate of drug-likeness (QED) is 0.711. The molecule has 74 valence electrons. The van der Waals surface area contributed by atoms with E-state index >= 15 is 0 Å². The van der Waals surface area contributed by atoms with Crippen LogP contribution in [0.3, 0.4) is 0 Å². The Kier molecular flexibility index (Phi) is 2.28. The van der Waals surface area contributed by atoms with Crippen molar-refractivity contribution in [3.8, 4) is 0 Å². The summed E-state index contributed by atoms with van der Waals surface area (Å²) in [6, 6.07) is 3.78. The maximum Gasteiger partial charge on any atom is 0.177 e. The van der Waals surface area contributed by atoms with Gasteiger partial charge in [0.05, 0.1) is 0 Å². The molecule has 14 heavy (non-hydrogen) atoms. The van der Waals surface area contributed by atoms with Crippen molar-refractivity contribution in [3.05, 3.63) is 18.5 Å². The molecule has 0 spiro atoms. The first-order valence-corrected chi connectivity index (χ1v) is 4.39. The summed E-state index contributed by atoms with van der Waals surface area (Å²) in [6.45, 7) is 1.39. The Labute approximate surface area is 81.3 Å². The fraction of sp³-hybridized carbons (Fsp3) is 0.375. The first-order chi connectivity index (χ1) is 6.81. The predicted octanol–water partition coefficient (Wildman–Crippen LogP) is -0.481. The van der Waals surface area contributed by atoms with E-state index in [-0.39, 0.29) is 0 Å². The number of fused-ring (bicyclic) bond motifs is 1. The van der Waals surface area contributed by atoms with Crippen molar-refractivity contribution in [2.75, 3.05) is 25.0 Å². The van der Waals surface area contributed by atoms with Crippen LogP contribution in [0.2, 0.25) is 0 Å². The topological polar surface area (TPSA) is 72.3 Å². The zero-order valence-electron chi connectivity index (χ0n) is 7.96. The molecule has 0 fully saturated rings. The highest BCUT2D eigenvalue weighted by Crippen LogP contribution is 2.07. The zero-order valence-corrected chi connectivity index (χ0v) is 7.96. The molecule has 6 heteroatoms. The lowest BCUT2D eigenvalue weighted by molar-refractivity contribution is 0.827. The monoisotopic (exact) mass is 192 g/mol. The van der Waals surface area contributed by atoms with Gasteiger partial charge in [-0.2, -0.15) is 4.52 Å². The van der Waals surface area contributed by atoms with Crippen LogP contribution in [0.15, 0.2) is 18.5 Å². The molecule has 0 bridgehead atoms. The van der Waals surface area contributed by atoms with Crippen LogP contribution in [-0.4, -0.2) is 39.9 Å². The standard InChI is InChI=1S/C8H12N6/c1-13(5-4-9)8-3-2-7-11-10-6-14(7)12-8/h2-3,6H,4-5,9H2,1H3. The van der Waals surface area contributed by atoms with E-state index in [1.165, 1.54) is 0 Å². The van der Waals surface area contributed by atoms with E-state index in [4.69, 9.17) is 5.73 Å². The third kappa shape index (κ3) is 1.51. The zero-order chi connectivity index (χ0) is 9.97. The molecule has 2 aromatic rings. The number of aromatic nitrogens is 4. The van der Waals surface area contributed by atoms with E-state index in [1.807, 2.05) is 24.1 Å². The van der Waals surface area contributed by atoms with Crippen LogP contribution in [-0.2, 0) is 0 Å². The average Bonchev–Trinajstić information content (AvgIpc) is 2.64. The minimum Gasteiger partial charge on any atom is -0.357 e. The molecule has 2 heterocycles. The molecule has 0 aliphatic rings. The number of nitrogens with zero attached hydrogens (tertiary/aromatic N) is 5. The first kappa shape index (κ1) is 8.89.